The van der Waals surface area contributed by atoms with Crippen molar-refractivity contribution in [2.75, 3.05) is 5.32 Å². The SMILES string of the molecule is Cc1c(CNc2nc(Cl)nc(OC(C)C)n2)cnn1C. The molecule has 108 valence electrons. The van der Waals surface area contributed by atoms with Gasteiger partial charge in [-0.2, -0.15) is 20.1 Å². The van der Waals surface area contributed by atoms with E-state index >= 15 is 0 Å². The van der Waals surface area contributed by atoms with Crippen LogP contribution >= 0.6 is 11.6 Å². The predicted molar refractivity (Wildman–Crippen MR) is 75.9 cm³/mol. The van der Waals surface area contributed by atoms with Crippen LogP contribution in [-0.2, 0) is 13.6 Å². The van der Waals surface area contributed by atoms with Gasteiger partial charge in [-0.15, -0.1) is 0 Å². The van der Waals surface area contributed by atoms with Gasteiger partial charge in [0.1, 0.15) is 0 Å². The van der Waals surface area contributed by atoms with Gasteiger partial charge in [-0.25, -0.2) is 0 Å². The van der Waals surface area contributed by atoms with Crippen molar-refractivity contribution < 1.29 is 4.74 Å². The Morgan fingerprint density at radius 1 is 1.35 bits per heavy atom. The molecule has 7 nitrogen and oxygen atoms in total. The van der Waals surface area contributed by atoms with Crippen LogP contribution in [0.2, 0.25) is 5.28 Å². The van der Waals surface area contributed by atoms with Crippen LogP contribution in [0.3, 0.4) is 0 Å². The molecule has 20 heavy (non-hydrogen) atoms. The second-order valence-electron chi connectivity index (χ2n) is 4.61. The summed E-state index contributed by atoms with van der Waals surface area (Å²) in [5.74, 6) is 0.379. The highest BCUT2D eigenvalue weighted by Gasteiger charge is 2.09. The monoisotopic (exact) mass is 296 g/mol. The van der Waals surface area contributed by atoms with Gasteiger partial charge in [0.2, 0.25) is 11.2 Å². The Labute approximate surface area is 122 Å². The smallest absolute Gasteiger partial charge is 0.322 e. The molecule has 0 atom stereocenters. The molecule has 0 bridgehead atoms. The van der Waals surface area contributed by atoms with Gasteiger partial charge in [0.05, 0.1) is 12.3 Å². The maximum absolute atomic E-state index is 5.85. The van der Waals surface area contributed by atoms with E-state index in [2.05, 4.69) is 25.4 Å². The number of hydrogen-bond donors (Lipinski definition) is 1. The molecule has 0 radical (unpaired) electrons. The van der Waals surface area contributed by atoms with Gasteiger partial charge in [-0.05, 0) is 32.4 Å². The van der Waals surface area contributed by atoms with Crippen molar-refractivity contribution in [2.24, 2.45) is 7.05 Å². The zero-order chi connectivity index (χ0) is 14.7. The van der Waals surface area contributed by atoms with Gasteiger partial charge >= 0.3 is 6.01 Å². The molecule has 0 aliphatic carbocycles. The van der Waals surface area contributed by atoms with Gasteiger partial charge < -0.3 is 10.1 Å². The van der Waals surface area contributed by atoms with Crippen LogP contribution in [0.4, 0.5) is 5.95 Å². The number of anilines is 1. The predicted octanol–water partition coefficient (Wildman–Crippen LogP) is 1.97. The Morgan fingerprint density at radius 3 is 2.70 bits per heavy atom. The lowest BCUT2D eigenvalue weighted by Crippen LogP contribution is -2.11. The number of hydrogen-bond acceptors (Lipinski definition) is 6. The summed E-state index contributed by atoms with van der Waals surface area (Å²) in [6, 6.07) is 0.213. The largest absolute Gasteiger partial charge is 0.461 e. The van der Waals surface area contributed by atoms with Crippen molar-refractivity contribution in [1.82, 2.24) is 24.7 Å². The fourth-order valence-electron chi connectivity index (χ4n) is 1.57. The molecule has 0 aromatic carbocycles. The normalized spacial score (nSPS) is 10.9. The summed E-state index contributed by atoms with van der Waals surface area (Å²) >= 11 is 5.85. The number of rotatable bonds is 5. The van der Waals surface area contributed by atoms with Crippen molar-refractivity contribution in [1.29, 1.82) is 0 Å². The first-order valence-corrected chi connectivity index (χ1v) is 6.63. The number of nitrogens with one attached hydrogen (secondary N) is 1. The summed E-state index contributed by atoms with van der Waals surface area (Å²) < 4.78 is 7.22. The molecule has 0 aliphatic heterocycles. The van der Waals surface area contributed by atoms with E-state index in [-0.39, 0.29) is 17.4 Å². The van der Waals surface area contributed by atoms with Crippen LogP contribution in [0.25, 0.3) is 0 Å². The molecule has 0 saturated heterocycles. The highest BCUT2D eigenvalue weighted by atomic mass is 35.5. The van der Waals surface area contributed by atoms with E-state index in [0.29, 0.717) is 12.5 Å². The average Bonchev–Trinajstić information content (AvgIpc) is 2.66. The van der Waals surface area contributed by atoms with Gasteiger partial charge in [-0.3, -0.25) is 4.68 Å². The number of nitrogens with zero attached hydrogens (tertiary/aromatic N) is 5. The molecule has 0 amide bonds. The minimum absolute atomic E-state index is 0.0260. The molecule has 2 heterocycles. The van der Waals surface area contributed by atoms with Crippen LogP contribution in [0.1, 0.15) is 25.1 Å². The summed E-state index contributed by atoms with van der Waals surface area (Å²) in [6.45, 7) is 6.34. The fourth-order valence-corrected chi connectivity index (χ4v) is 1.72. The van der Waals surface area contributed by atoms with Gasteiger partial charge in [0, 0.05) is 24.8 Å². The third kappa shape index (κ3) is 3.57. The molecule has 0 aliphatic rings. The lowest BCUT2D eigenvalue weighted by atomic mass is 10.2. The van der Waals surface area contributed by atoms with Crippen LogP contribution in [0.5, 0.6) is 6.01 Å². The topological polar surface area (TPSA) is 77.8 Å². The maximum atomic E-state index is 5.85. The summed E-state index contributed by atoms with van der Waals surface area (Å²) in [5.41, 5.74) is 2.15. The van der Waals surface area contributed by atoms with E-state index in [4.69, 9.17) is 16.3 Å². The molecular weight excluding hydrogens is 280 g/mol. The van der Waals surface area contributed by atoms with E-state index in [0.717, 1.165) is 11.3 Å². The molecule has 2 rings (SSSR count). The second kappa shape index (κ2) is 6.04. The third-order valence-electron chi connectivity index (χ3n) is 2.70. The Hall–Kier alpha value is -1.89. The molecule has 0 saturated carbocycles. The Kier molecular flexibility index (Phi) is 4.39. The zero-order valence-corrected chi connectivity index (χ0v) is 12.6. The zero-order valence-electron chi connectivity index (χ0n) is 11.9. The average molecular weight is 297 g/mol. The highest BCUT2D eigenvalue weighted by Crippen LogP contribution is 2.14. The fraction of sp³-hybridized carbons (Fsp3) is 0.500. The van der Waals surface area contributed by atoms with Crippen LogP contribution in [-0.4, -0.2) is 30.8 Å². The molecule has 2 aromatic heterocycles. The van der Waals surface area contributed by atoms with Gasteiger partial charge in [-0.1, -0.05) is 0 Å². The summed E-state index contributed by atoms with van der Waals surface area (Å²) in [4.78, 5) is 12.1. The lowest BCUT2D eigenvalue weighted by Gasteiger charge is -2.09. The summed E-state index contributed by atoms with van der Waals surface area (Å²) in [6.07, 6.45) is 1.78. The van der Waals surface area contributed by atoms with Crippen molar-refractivity contribution in [3.8, 4) is 6.01 Å². The van der Waals surface area contributed by atoms with Gasteiger partial charge in [0.15, 0.2) is 0 Å². The number of aromatic nitrogens is 5. The first-order valence-electron chi connectivity index (χ1n) is 6.25. The van der Waals surface area contributed by atoms with E-state index in [1.807, 2.05) is 32.5 Å². The minimum atomic E-state index is -0.0260. The lowest BCUT2D eigenvalue weighted by molar-refractivity contribution is 0.222. The van der Waals surface area contributed by atoms with Crippen LogP contribution < -0.4 is 10.1 Å². The molecule has 0 unspecified atom stereocenters. The van der Waals surface area contributed by atoms with Crippen molar-refractivity contribution in [3.05, 3.63) is 22.7 Å². The van der Waals surface area contributed by atoms with Crippen LogP contribution in [0, 0.1) is 6.92 Å². The molecule has 1 N–H and O–H groups in total. The number of halogens is 1. The Morgan fingerprint density at radius 2 is 2.10 bits per heavy atom. The molecule has 2 aromatic rings. The molecule has 0 spiro atoms. The first-order chi connectivity index (χ1) is 9.45. The number of aryl methyl sites for hydroxylation is 1. The first kappa shape index (κ1) is 14.5. The maximum Gasteiger partial charge on any atom is 0.322 e. The van der Waals surface area contributed by atoms with E-state index in [1.54, 1.807) is 6.20 Å². The van der Waals surface area contributed by atoms with E-state index in [1.165, 1.54) is 0 Å². The van der Waals surface area contributed by atoms with Crippen molar-refractivity contribution >= 4 is 17.5 Å². The molecule has 8 heteroatoms. The number of ether oxygens (including phenoxy) is 1. The van der Waals surface area contributed by atoms with Crippen molar-refractivity contribution in [2.45, 2.75) is 33.4 Å². The standard InChI is InChI=1S/C12H17ClN6O/c1-7(2)20-12-17-10(13)16-11(18-12)14-5-9-6-15-19(4)8(9)3/h6-7H,5H2,1-4H3,(H,14,16,17,18). The molecule has 0 fully saturated rings. The Bertz CT molecular complexity index is 598. The highest BCUT2D eigenvalue weighted by molar-refractivity contribution is 6.28. The quantitative estimate of drug-likeness (QED) is 0.909. The van der Waals surface area contributed by atoms with Crippen molar-refractivity contribution in [3.63, 3.8) is 0 Å². The summed E-state index contributed by atoms with van der Waals surface area (Å²) in [7, 11) is 1.90. The van der Waals surface area contributed by atoms with Crippen LogP contribution in [0.15, 0.2) is 6.20 Å². The Balaban J connectivity index is 2.09. The third-order valence-corrected chi connectivity index (χ3v) is 2.87. The molecular formula is C12H17ClN6O. The van der Waals surface area contributed by atoms with Gasteiger partial charge in [0.25, 0.3) is 0 Å². The summed E-state index contributed by atoms with van der Waals surface area (Å²) in [5, 5.41) is 7.36. The van der Waals surface area contributed by atoms with E-state index < -0.39 is 0 Å². The van der Waals surface area contributed by atoms with E-state index in [9.17, 15) is 0 Å². The second-order valence-corrected chi connectivity index (χ2v) is 4.95. The minimum Gasteiger partial charge on any atom is -0.461 e.